The molecule has 1 atom stereocenters. The summed E-state index contributed by atoms with van der Waals surface area (Å²) in [5.74, 6) is 2.66. The molecule has 1 unspecified atom stereocenters. The van der Waals surface area contributed by atoms with Gasteiger partial charge in [-0.25, -0.2) is 0 Å². The molecule has 0 heterocycles. The molecule has 0 N–H and O–H groups in total. The van der Waals surface area contributed by atoms with Crippen LogP contribution in [0, 0.1) is 5.92 Å². The number of hydrogen-bond donors (Lipinski definition) is 0. The standard InChI is InChI=1S/C23H33BrO2/c1-4-7-11-18(5-2)17-26-23-19(6-3)16-22(25-15-10-14-24)20-12-8-9-13-21(20)23/h8-9,12-13,16,18H,4-7,10-11,14-15,17H2,1-3H3. The number of unbranched alkanes of at least 4 members (excludes halogenated alkanes) is 1. The van der Waals surface area contributed by atoms with Crippen LogP contribution in [0.4, 0.5) is 0 Å². The molecule has 2 nitrogen and oxygen atoms in total. The summed E-state index contributed by atoms with van der Waals surface area (Å²) >= 11 is 3.47. The molecule has 144 valence electrons. The van der Waals surface area contributed by atoms with E-state index in [1.54, 1.807) is 0 Å². The quantitative estimate of drug-likeness (QED) is 0.267. The van der Waals surface area contributed by atoms with Crippen molar-refractivity contribution in [3.63, 3.8) is 0 Å². The van der Waals surface area contributed by atoms with Gasteiger partial charge in [0.15, 0.2) is 0 Å². The highest BCUT2D eigenvalue weighted by atomic mass is 79.9. The van der Waals surface area contributed by atoms with Crippen LogP contribution in [0.25, 0.3) is 10.8 Å². The van der Waals surface area contributed by atoms with Gasteiger partial charge in [0.1, 0.15) is 11.5 Å². The van der Waals surface area contributed by atoms with Crippen molar-refractivity contribution >= 4 is 26.7 Å². The van der Waals surface area contributed by atoms with E-state index < -0.39 is 0 Å². The van der Waals surface area contributed by atoms with Crippen molar-refractivity contribution in [1.82, 2.24) is 0 Å². The Morgan fingerprint density at radius 3 is 2.42 bits per heavy atom. The van der Waals surface area contributed by atoms with E-state index in [0.29, 0.717) is 5.92 Å². The smallest absolute Gasteiger partial charge is 0.130 e. The number of ether oxygens (including phenoxy) is 2. The summed E-state index contributed by atoms with van der Waals surface area (Å²) in [6.45, 7) is 8.24. The predicted molar refractivity (Wildman–Crippen MR) is 116 cm³/mol. The second-order valence-electron chi connectivity index (χ2n) is 6.88. The molecule has 0 aliphatic carbocycles. The lowest BCUT2D eigenvalue weighted by atomic mass is 9.99. The Bertz CT molecular complexity index is 669. The SMILES string of the molecule is CCCCC(CC)COc1c(CC)cc(OCCCBr)c2ccccc12. The molecule has 0 saturated carbocycles. The number of alkyl halides is 1. The average Bonchev–Trinajstić information content (AvgIpc) is 2.68. The fourth-order valence-corrected chi connectivity index (χ4v) is 3.49. The molecular weight excluding hydrogens is 388 g/mol. The molecule has 2 aromatic carbocycles. The molecule has 2 aromatic rings. The minimum atomic E-state index is 0.633. The second-order valence-corrected chi connectivity index (χ2v) is 7.67. The molecule has 26 heavy (non-hydrogen) atoms. The maximum absolute atomic E-state index is 6.41. The molecule has 0 radical (unpaired) electrons. The zero-order valence-corrected chi connectivity index (χ0v) is 18.1. The fourth-order valence-electron chi connectivity index (χ4n) is 3.26. The number of benzene rings is 2. The van der Waals surface area contributed by atoms with Crippen LogP contribution in [0.5, 0.6) is 11.5 Å². The van der Waals surface area contributed by atoms with Crippen molar-refractivity contribution < 1.29 is 9.47 Å². The zero-order valence-electron chi connectivity index (χ0n) is 16.5. The summed E-state index contributed by atoms with van der Waals surface area (Å²) < 4.78 is 12.5. The summed E-state index contributed by atoms with van der Waals surface area (Å²) in [4.78, 5) is 0. The van der Waals surface area contributed by atoms with Crippen LogP contribution >= 0.6 is 15.9 Å². The van der Waals surface area contributed by atoms with Crippen molar-refractivity contribution in [2.75, 3.05) is 18.5 Å². The Hall–Kier alpha value is -1.22. The average molecular weight is 421 g/mol. The van der Waals surface area contributed by atoms with E-state index >= 15 is 0 Å². The van der Waals surface area contributed by atoms with Crippen molar-refractivity contribution in [3.05, 3.63) is 35.9 Å². The summed E-state index contributed by atoms with van der Waals surface area (Å²) in [5.41, 5.74) is 1.24. The van der Waals surface area contributed by atoms with Crippen molar-refractivity contribution in [2.24, 2.45) is 5.92 Å². The maximum Gasteiger partial charge on any atom is 0.130 e. The maximum atomic E-state index is 6.41. The van der Waals surface area contributed by atoms with E-state index in [9.17, 15) is 0 Å². The topological polar surface area (TPSA) is 18.5 Å². The molecule has 0 aliphatic rings. The lowest BCUT2D eigenvalue weighted by Crippen LogP contribution is -2.12. The lowest BCUT2D eigenvalue weighted by Gasteiger charge is -2.20. The minimum absolute atomic E-state index is 0.633. The first kappa shape index (κ1) is 21.1. The fraction of sp³-hybridized carbons (Fsp3) is 0.565. The van der Waals surface area contributed by atoms with Crippen LogP contribution in [0.2, 0.25) is 0 Å². The van der Waals surface area contributed by atoms with Gasteiger partial charge in [0.2, 0.25) is 0 Å². The number of hydrogen-bond acceptors (Lipinski definition) is 2. The van der Waals surface area contributed by atoms with Crippen molar-refractivity contribution in [3.8, 4) is 11.5 Å². The number of halogens is 1. The van der Waals surface area contributed by atoms with Crippen LogP contribution in [-0.2, 0) is 6.42 Å². The third-order valence-corrected chi connectivity index (χ3v) is 5.52. The van der Waals surface area contributed by atoms with Gasteiger partial charge in [-0.1, -0.05) is 80.2 Å². The number of rotatable bonds is 12. The minimum Gasteiger partial charge on any atom is -0.493 e. The van der Waals surface area contributed by atoms with Gasteiger partial charge in [-0.3, -0.25) is 0 Å². The lowest BCUT2D eigenvalue weighted by molar-refractivity contribution is 0.233. The zero-order chi connectivity index (χ0) is 18.8. The van der Waals surface area contributed by atoms with Crippen LogP contribution in [0.15, 0.2) is 30.3 Å². The van der Waals surface area contributed by atoms with Crippen molar-refractivity contribution in [1.29, 1.82) is 0 Å². The van der Waals surface area contributed by atoms with E-state index in [2.05, 4.69) is 67.0 Å². The first-order valence-corrected chi connectivity index (χ1v) is 11.2. The molecule has 0 aliphatic heterocycles. The first-order valence-electron chi connectivity index (χ1n) is 10.1. The summed E-state index contributed by atoms with van der Waals surface area (Å²) in [6.07, 6.45) is 6.90. The highest BCUT2D eigenvalue weighted by Crippen LogP contribution is 2.37. The molecular formula is C23H33BrO2. The molecule has 0 fully saturated rings. The Labute approximate surface area is 167 Å². The molecule has 3 heteroatoms. The first-order chi connectivity index (χ1) is 12.7. The highest BCUT2D eigenvalue weighted by Gasteiger charge is 2.15. The predicted octanol–water partition coefficient (Wildman–Crippen LogP) is 7.16. The van der Waals surface area contributed by atoms with Crippen molar-refractivity contribution in [2.45, 2.75) is 59.3 Å². The van der Waals surface area contributed by atoms with Gasteiger partial charge in [0.05, 0.1) is 13.2 Å². The monoisotopic (exact) mass is 420 g/mol. The largest absolute Gasteiger partial charge is 0.493 e. The Kier molecular flexibility index (Phi) is 9.31. The molecule has 0 spiro atoms. The van der Waals surface area contributed by atoms with E-state index in [-0.39, 0.29) is 0 Å². The van der Waals surface area contributed by atoms with Gasteiger partial charge in [0.25, 0.3) is 0 Å². The van der Waals surface area contributed by atoms with Crippen LogP contribution in [0.1, 0.15) is 58.4 Å². The normalized spacial score (nSPS) is 12.3. The van der Waals surface area contributed by atoms with E-state index in [1.165, 1.54) is 36.6 Å². The van der Waals surface area contributed by atoms with Gasteiger partial charge in [-0.05, 0) is 36.8 Å². The van der Waals surface area contributed by atoms with Gasteiger partial charge >= 0.3 is 0 Å². The Morgan fingerprint density at radius 2 is 1.77 bits per heavy atom. The van der Waals surface area contributed by atoms with Crippen LogP contribution in [0.3, 0.4) is 0 Å². The molecule has 0 saturated heterocycles. The summed E-state index contributed by atoms with van der Waals surface area (Å²) in [7, 11) is 0. The van der Waals surface area contributed by atoms with E-state index in [0.717, 1.165) is 48.3 Å². The van der Waals surface area contributed by atoms with E-state index in [1.807, 2.05) is 0 Å². The van der Waals surface area contributed by atoms with Gasteiger partial charge in [0, 0.05) is 16.1 Å². The molecule has 2 rings (SSSR count). The molecule has 0 aromatic heterocycles. The second kappa shape index (κ2) is 11.5. The van der Waals surface area contributed by atoms with E-state index in [4.69, 9.17) is 9.47 Å². The Morgan fingerprint density at radius 1 is 1.00 bits per heavy atom. The van der Waals surface area contributed by atoms with Gasteiger partial charge in [-0.2, -0.15) is 0 Å². The molecule has 0 bridgehead atoms. The summed E-state index contributed by atoms with van der Waals surface area (Å²) in [6, 6.07) is 10.6. The molecule has 0 amide bonds. The third kappa shape index (κ3) is 5.64. The van der Waals surface area contributed by atoms with Crippen LogP contribution in [-0.4, -0.2) is 18.5 Å². The summed E-state index contributed by atoms with van der Waals surface area (Å²) in [5, 5.41) is 3.28. The third-order valence-electron chi connectivity index (χ3n) is 4.96. The van der Waals surface area contributed by atoms with Crippen LogP contribution < -0.4 is 9.47 Å². The van der Waals surface area contributed by atoms with Gasteiger partial charge in [-0.15, -0.1) is 0 Å². The highest BCUT2D eigenvalue weighted by molar-refractivity contribution is 9.09. The van der Waals surface area contributed by atoms with Gasteiger partial charge < -0.3 is 9.47 Å². The number of aryl methyl sites for hydroxylation is 1. The Balaban J connectivity index is 2.28. The number of fused-ring (bicyclic) bond motifs is 1.